The van der Waals surface area contributed by atoms with Gasteiger partial charge in [-0.25, -0.2) is 4.98 Å². The highest BCUT2D eigenvalue weighted by Crippen LogP contribution is 2.28. The van der Waals surface area contributed by atoms with Crippen LogP contribution in [0.25, 0.3) is 11.3 Å². The Kier molecular flexibility index (Phi) is 3.61. The lowest BCUT2D eigenvalue weighted by atomic mass is 10.2. The largest absolute Gasteiger partial charge is 0.336 e. The molecule has 23 heavy (non-hydrogen) atoms. The molecule has 5 nitrogen and oxygen atoms in total. The molecule has 4 rings (SSSR count). The highest BCUT2D eigenvalue weighted by molar-refractivity contribution is 7.12. The molecule has 2 fully saturated rings. The molecule has 2 heterocycles. The number of benzene rings is 1. The van der Waals surface area contributed by atoms with Gasteiger partial charge < -0.3 is 9.80 Å². The van der Waals surface area contributed by atoms with Gasteiger partial charge >= 0.3 is 0 Å². The van der Waals surface area contributed by atoms with Gasteiger partial charge in [0.05, 0.1) is 5.69 Å². The molecule has 118 valence electrons. The summed E-state index contributed by atoms with van der Waals surface area (Å²) in [5.74, 6) is -0.0760. The minimum absolute atomic E-state index is 0.0620. The molecule has 0 bridgehead atoms. The summed E-state index contributed by atoms with van der Waals surface area (Å²) in [4.78, 5) is 32.7. The summed E-state index contributed by atoms with van der Waals surface area (Å²) in [5.41, 5.74) is 1.80. The van der Waals surface area contributed by atoms with E-state index in [2.05, 4.69) is 4.98 Å². The van der Waals surface area contributed by atoms with Gasteiger partial charge in [-0.05, 0) is 12.8 Å². The third kappa shape index (κ3) is 2.86. The van der Waals surface area contributed by atoms with Gasteiger partial charge in [0.2, 0.25) is 5.91 Å². The van der Waals surface area contributed by atoms with Crippen molar-refractivity contribution in [1.29, 1.82) is 0 Å². The van der Waals surface area contributed by atoms with Gasteiger partial charge in [-0.1, -0.05) is 30.3 Å². The van der Waals surface area contributed by atoms with Crippen LogP contribution in [0.2, 0.25) is 0 Å². The second-order valence-corrected chi connectivity index (χ2v) is 6.81. The van der Waals surface area contributed by atoms with Crippen LogP contribution in [-0.4, -0.2) is 52.3 Å². The smallest absolute Gasteiger partial charge is 0.283 e. The molecule has 2 aliphatic rings. The highest BCUT2D eigenvalue weighted by Gasteiger charge is 2.37. The summed E-state index contributed by atoms with van der Waals surface area (Å²) >= 11 is 1.34. The van der Waals surface area contributed by atoms with Crippen molar-refractivity contribution in [3.8, 4) is 11.3 Å². The first-order valence-corrected chi connectivity index (χ1v) is 8.70. The van der Waals surface area contributed by atoms with E-state index in [9.17, 15) is 9.59 Å². The molecule has 1 aromatic heterocycles. The van der Waals surface area contributed by atoms with Gasteiger partial charge in [0.15, 0.2) is 5.01 Å². The molecular formula is C17H17N3O2S. The molecular weight excluding hydrogens is 310 g/mol. The number of carbonyl (C=O) groups excluding carboxylic acids is 2. The first-order valence-electron chi connectivity index (χ1n) is 7.82. The Morgan fingerprint density at radius 2 is 1.96 bits per heavy atom. The number of nitrogens with zero attached hydrogens (tertiary/aromatic N) is 3. The number of hydrogen-bond acceptors (Lipinski definition) is 4. The molecule has 0 spiro atoms. The summed E-state index contributed by atoms with van der Waals surface area (Å²) in [6.07, 6.45) is 2.21. The Bertz CT molecular complexity index is 739. The molecule has 1 aliphatic heterocycles. The minimum atomic E-state index is -0.138. The Balaban J connectivity index is 1.47. The number of hydrogen-bond donors (Lipinski definition) is 0. The van der Waals surface area contributed by atoms with Crippen molar-refractivity contribution in [2.75, 3.05) is 19.6 Å². The SMILES string of the molecule is O=C(c1nc(-c2ccccc2)cs1)N1CCN(C2CC2)C(=O)C1. The lowest BCUT2D eigenvalue weighted by Crippen LogP contribution is -2.52. The average molecular weight is 327 g/mol. The molecule has 0 atom stereocenters. The third-order valence-corrected chi connectivity index (χ3v) is 5.12. The fraction of sp³-hybridized carbons (Fsp3) is 0.353. The number of piperazine rings is 1. The maximum absolute atomic E-state index is 12.6. The van der Waals surface area contributed by atoms with Crippen LogP contribution in [0, 0.1) is 0 Å². The first-order chi connectivity index (χ1) is 11.2. The van der Waals surface area contributed by atoms with Crippen molar-refractivity contribution >= 4 is 23.2 Å². The van der Waals surface area contributed by atoms with Crippen molar-refractivity contribution in [1.82, 2.24) is 14.8 Å². The second kappa shape index (κ2) is 5.77. The number of carbonyl (C=O) groups is 2. The Morgan fingerprint density at radius 3 is 2.65 bits per heavy atom. The van der Waals surface area contributed by atoms with E-state index in [1.165, 1.54) is 11.3 Å². The summed E-state index contributed by atoms with van der Waals surface area (Å²) in [6, 6.07) is 10.2. The Hall–Kier alpha value is -2.21. The van der Waals surface area contributed by atoms with Gasteiger partial charge in [-0.15, -0.1) is 11.3 Å². The monoisotopic (exact) mass is 327 g/mol. The van der Waals surface area contributed by atoms with Gasteiger partial charge in [-0.2, -0.15) is 0 Å². The normalized spacial score (nSPS) is 18.3. The minimum Gasteiger partial charge on any atom is -0.336 e. The van der Waals surface area contributed by atoms with Crippen LogP contribution >= 0.6 is 11.3 Å². The topological polar surface area (TPSA) is 53.5 Å². The number of thiazole rings is 1. The van der Waals surface area contributed by atoms with E-state index >= 15 is 0 Å². The fourth-order valence-electron chi connectivity index (χ4n) is 2.88. The van der Waals surface area contributed by atoms with E-state index in [1.807, 2.05) is 40.6 Å². The second-order valence-electron chi connectivity index (χ2n) is 5.95. The van der Waals surface area contributed by atoms with Crippen LogP contribution in [-0.2, 0) is 4.79 Å². The molecule has 0 N–H and O–H groups in total. The zero-order valence-electron chi connectivity index (χ0n) is 12.6. The van der Waals surface area contributed by atoms with E-state index in [0.717, 1.165) is 24.1 Å². The van der Waals surface area contributed by atoms with E-state index in [0.29, 0.717) is 24.1 Å². The molecule has 1 saturated carbocycles. The fourth-order valence-corrected chi connectivity index (χ4v) is 3.67. The van der Waals surface area contributed by atoms with Crippen LogP contribution < -0.4 is 0 Å². The van der Waals surface area contributed by atoms with Crippen LogP contribution in [0.3, 0.4) is 0 Å². The number of aromatic nitrogens is 1. The van der Waals surface area contributed by atoms with Crippen molar-refractivity contribution in [3.05, 3.63) is 40.7 Å². The van der Waals surface area contributed by atoms with E-state index in [1.54, 1.807) is 4.90 Å². The zero-order valence-corrected chi connectivity index (χ0v) is 13.5. The lowest BCUT2D eigenvalue weighted by Gasteiger charge is -2.34. The number of amides is 2. The van der Waals surface area contributed by atoms with Gasteiger partial charge in [0.25, 0.3) is 5.91 Å². The highest BCUT2D eigenvalue weighted by atomic mass is 32.1. The van der Waals surface area contributed by atoms with Gasteiger partial charge in [0.1, 0.15) is 6.54 Å². The Morgan fingerprint density at radius 1 is 1.17 bits per heavy atom. The van der Waals surface area contributed by atoms with Crippen LogP contribution in [0.4, 0.5) is 0 Å². The van der Waals surface area contributed by atoms with Gasteiger partial charge in [-0.3, -0.25) is 9.59 Å². The zero-order chi connectivity index (χ0) is 15.8. The van der Waals surface area contributed by atoms with Crippen LogP contribution in [0.15, 0.2) is 35.7 Å². The maximum Gasteiger partial charge on any atom is 0.283 e. The van der Waals surface area contributed by atoms with Crippen LogP contribution in [0.1, 0.15) is 22.6 Å². The third-order valence-electron chi connectivity index (χ3n) is 4.29. The molecule has 0 unspecified atom stereocenters. The molecule has 6 heteroatoms. The predicted molar refractivity (Wildman–Crippen MR) is 88.2 cm³/mol. The van der Waals surface area contributed by atoms with E-state index < -0.39 is 0 Å². The summed E-state index contributed by atoms with van der Waals surface area (Å²) in [5, 5.41) is 2.35. The molecule has 1 aromatic carbocycles. The Labute approximate surface area is 138 Å². The average Bonchev–Trinajstić information content (AvgIpc) is 3.30. The first kappa shape index (κ1) is 14.4. The van der Waals surface area contributed by atoms with E-state index in [4.69, 9.17) is 0 Å². The summed E-state index contributed by atoms with van der Waals surface area (Å²) in [6.45, 7) is 1.42. The molecule has 2 amide bonds. The molecule has 0 radical (unpaired) electrons. The van der Waals surface area contributed by atoms with Crippen LogP contribution in [0.5, 0.6) is 0 Å². The number of rotatable bonds is 3. The summed E-state index contributed by atoms with van der Waals surface area (Å²) < 4.78 is 0. The van der Waals surface area contributed by atoms with Crippen molar-refractivity contribution in [2.24, 2.45) is 0 Å². The van der Waals surface area contributed by atoms with Crippen molar-refractivity contribution in [3.63, 3.8) is 0 Å². The quantitative estimate of drug-likeness (QED) is 0.869. The molecule has 1 aliphatic carbocycles. The summed E-state index contributed by atoms with van der Waals surface area (Å²) in [7, 11) is 0. The predicted octanol–water partition coefficient (Wildman–Crippen LogP) is 2.26. The van der Waals surface area contributed by atoms with Crippen molar-refractivity contribution < 1.29 is 9.59 Å². The van der Waals surface area contributed by atoms with Crippen molar-refractivity contribution in [2.45, 2.75) is 18.9 Å². The van der Waals surface area contributed by atoms with E-state index in [-0.39, 0.29) is 18.4 Å². The molecule has 2 aromatic rings. The molecule has 1 saturated heterocycles. The van der Waals surface area contributed by atoms with Gasteiger partial charge in [0, 0.05) is 30.1 Å². The maximum atomic E-state index is 12.6. The lowest BCUT2D eigenvalue weighted by molar-refractivity contribution is -0.135. The standard InChI is InChI=1S/C17H17N3O2S/c21-15-10-19(8-9-20(15)13-6-7-13)17(22)16-18-14(11-23-16)12-4-2-1-3-5-12/h1-5,11,13H,6-10H2.